The van der Waals surface area contributed by atoms with Gasteiger partial charge in [0.25, 0.3) is 0 Å². The summed E-state index contributed by atoms with van der Waals surface area (Å²) in [6.45, 7) is 6.67. The molecular weight excluding hydrogens is 225 g/mol. The molecule has 0 saturated carbocycles. The molecule has 2 rings (SSSR count). The van der Waals surface area contributed by atoms with Crippen molar-refractivity contribution in [2.75, 3.05) is 12.3 Å². The molecule has 92 valence electrons. The number of nitrogens with zero attached hydrogens (tertiary/aromatic N) is 1. The predicted octanol–water partition coefficient (Wildman–Crippen LogP) is 3.30. The lowest BCUT2D eigenvalue weighted by Gasteiger charge is -2.23. The molecule has 0 spiro atoms. The van der Waals surface area contributed by atoms with Crippen LogP contribution in [0.2, 0.25) is 0 Å². The molecule has 1 fully saturated rings. The summed E-state index contributed by atoms with van der Waals surface area (Å²) < 4.78 is 26.8. The van der Waals surface area contributed by atoms with Crippen molar-refractivity contribution in [2.45, 2.75) is 40.0 Å². The Hall–Kier alpha value is -0.640. The minimum absolute atomic E-state index is 0.191. The van der Waals surface area contributed by atoms with Crippen molar-refractivity contribution in [3.05, 3.63) is 23.2 Å². The monoisotopic (exact) mass is 245 g/mol. The molecule has 0 N–H and O–H groups in total. The third-order valence-electron chi connectivity index (χ3n) is 2.63. The Bertz CT molecular complexity index is 336. The maximum absolute atomic E-state index is 13.6. The van der Waals surface area contributed by atoms with Crippen molar-refractivity contribution >= 4 is 11.0 Å². The third-order valence-corrected chi connectivity index (χ3v) is 4.16. The lowest BCUT2D eigenvalue weighted by molar-refractivity contribution is 0.495. The van der Waals surface area contributed by atoms with Gasteiger partial charge in [-0.25, -0.2) is 8.60 Å². The zero-order valence-corrected chi connectivity index (χ0v) is 11.1. The molecule has 2 aliphatic rings. The first kappa shape index (κ1) is 13.4. The van der Waals surface area contributed by atoms with Crippen LogP contribution in [0.3, 0.4) is 0 Å². The lowest BCUT2D eigenvalue weighted by atomic mass is 10.0. The molecule has 16 heavy (non-hydrogen) atoms. The van der Waals surface area contributed by atoms with E-state index >= 15 is 0 Å². The van der Waals surface area contributed by atoms with Crippen LogP contribution >= 0.6 is 0 Å². The Morgan fingerprint density at radius 2 is 2.06 bits per heavy atom. The van der Waals surface area contributed by atoms with Gasteiger partial charge >= 0.3 is 0 Å². The smallest absolute Gasteiger partial charge is 0.143 e. The van der Waals surface area contributed by atoms with Crippen molar-refractivity contribution in [3.8, 4) is 0 Å². The van der Waals surface area contributed by atoms with Crippen LogP contribution < -0.4 is 0 Å². The molecular formula is C12H20FNOS. The summed E-state index contributed by atoms with van der Waals surface area (Å²) >= 11 is 0. The standard InChI is InChI=1S/C10H14FNOS.C2H6/c1-8-3-4-10(9(11)7-8)12-5-2-6-14(12)13;1-2/h7H,2-6H2,1H3;1-2H3. The minimum atomic E-state index is -0.984. The van der Waals surface area contributed by atoms with Crippen molar-refractivity contribution in [1.82, 2.24) is 4.31 Å². The number of hydrogen-bond acceptors (Lipinski definition) is 1. The molecule has 0 radical (unpaired) electrons. The van der Waals surface area contributed by atoms with E-state index in [1.165, 1.54) is 0 Å². The molecule has 0 bridgehead atoms. The summed E-state index contributed by atoms with van der Waals surface area (Å²) in [5.74, 6) is 0.489. The van der Waals surface area contributed by atoms with E-state index in [0.717, 1.165) is 25.0 Å². The van der Waals surface area contributed by atoms with Crippen LogP contribution in [0.15, 0.2) is 23.2 Å². The molecule has 0 aromatic rings. The summed E-state index contributed by atoms with van der Waals surface area (Å²) in [4.78, 5) is 0. The molecule has 1 heterocycles. The predicted molar refractivity (Wildman–Crippen MR) is 66.8 cm³/mol. The van der Waals surface area contributed by atoms with Crippen LogP contribution in [0.25, 0.3) is 0 Å². The zero-order valence-electron chi connectivity index (χ0n) is 10.3. The SMILES string of the molecule is CC.CC1=CC(F)=C(N2CCCS2=O)CC1. The highest BCUT2D eigenvalue weighted by atomic mass is 32.2. The van der Waals surface area contributed by atoms with E-state index < -0.39 is 11.0 Å². The van der Waals surface area contributed by atoms with E-state index in [9.17, 15) is 8.60 Å². The van der Waals surface area contributed by atoms with Crippen LogP contribution in [0, 0.1) is 0 Å². The molecule has 2 nitrogen and oxygen atoms in total. The summed E-state index contributed by atoms with van der Waals surface area (Å²) in [5, 5.41) is 0. The fourth-order valence-corrected chi connectivity index (χ4v) is 3.21. The largest absolute Gasteiger partial charge is 0.293 e. The summed E-state index contributed by atoms with van der Waals surface area (Å²) in [5.41, 5.74) is 1.71. The lowest BCUT2D eigenvalue weighted by Crippen LogP contribution is -2.22. The third kappa shape index (κ3) is 2.94. The van der Waals surface area contributed by atoms with Crippen molar-refractivity contribution in [2.24, 2.45) is 0 Å². The van der Waals surface area contributed by atoms with Gasteiger partial charge in [0.1, 0.15) is 16.8 Å². The number of allylic oxidation sites excluding steroid dienone is 4. The van der Waals surface area contributed by atoms with E-state index in [2.05, 4.69) is 0 Å². The van der Waals surface area contributed by atoms with Gasteiger partial charge in [-0.05, 0) is 32.3 Å². The van der Waals surface area contributed by atoms with Gasteiger partial charge in [-0.1, -0.05) is 19.4 Å². The molecule has 0 aromatic carbocycles. The van der Waals surface area contributed by atoms with Crippen molar-refractivity contribution in [1.29, 1.82) is 0 Å². The van der Waals surface area contributed by atoms with E-state index in [1.54, 1.807) is 10.4 Å². The van der Waals surface area contributed by atoms with Gasteiger partial charge in [-0.15, -0.1) is 0 Å². The van der Waals surface area contributed by atoms with Crippen LogP contribution in [0.4, 0.5) is 4.39 Å². The average Bonchev–Trinajstić information content (AvgIpc) is 2.68. The fourth-order valence-electron chi connectivity index (χ4n) is 1.85. The normalized spacial score (nSPS) is 25.1. The van der Waals surface area contributed by atoms with Gasteiger partial charge < -0.3 is 0 Å². The molecule has 0 aromatic heterocycles. The Morgan fingerprint density at radius 1 is 1.38 bits per heavy atom. The van der Waals surface area contributed by atoms with E-state index in [1.807, 2.05) is 20.8 Å². The van der Waals surface area contributed by atoms with Gasteiger partial charge in [0.05, 0.1) is 5.70 Å². The topological polar surface area (TPSA) is 20.3 Å². The second-order valence-corrected chi connectivity index (χ2v) is 5.26. The molecule has 1 aliphatic carbocycles. The molecule has 1 atom stereocenters. The van der Waals surface area contributed by atoms with Crippen LogP contribution in [-0.2, 0) is 11.0 Å². The summed E-state index contributed by atoms with van der Waals surface area (Å²) in [7, 11) is -0.984. The number of rotatable bonds is 1. The Morgan fingerprint density at radius 3 is 2.56 bits per heavy atom. The fraction of sp³-hybridized carbons (Fsp3) is 0.667. The van der Waals surface area contributed by atoms with E-state index in [0.29, 0.717) is 17.9 Å². The molecule has 1 unspecified atom stereocenters. The number of hydrogen-bond donors (Lipinski definition) is 0. The summed E-state index contributed by atoms with van der Waals surface area (Å²) in [6.07, 6.45) is 4.05. The Balaban J connectivity index is 0.000000606. The Kier molecular flexibility index (Phi) is 5.19. The van der Waals surface area contributed by atoms with Crippen molar-refractivity contribution in [3.63, 3.8) is 0 Å². The highest BCUT2D eigenvalue weighted by Gasteiger charge is 2.26. The van der Waals surface area contributed by atoms with Crippen LogP contribution in [0.5, 0.6) is 0 Å². The molecule has 0 amide bonds. The second-order valence-electron chi connectivity index (χ2n) is 3.77. The first-order chi connectivity index (χ1) is 7.68. The van der Waals surface area contributed by atoms with Gasteiger partial charge in [0, 0.05) is 12.3 Å². The van der Waals surface area contributed by atoms with Crippen LogP contribution in [-0.4, -0.2) is 20.8 Å². The molecule has 1 aliphatic heterocycles. The van der Waals surface area contributed by atoms with Gasteiger partial charge in [-0.3, -0.25) is 4.31 Å². The van der Waals surface area contributed by atoms with Gasteiger partial charge in [0.15, 0.2) is 0 Å². The minimum Gasteiger partial charge on any atom is -0.293 e. The quantitative estimate of drug-likeness (QED) is 0.694. The average molecular weight is 245 g/mol. The highest BCUT2D eigenvalue weighted by Crippen LogP contribution is 2.30. The van der Waals surface area contributed by atoms with Gasteiger partial charge in [-0.2, -0.15) is 0 Å². The first-order valence-electron chi connectivity index (χ1n) is 5.90. The van der Waals surface area contributed by atoms with Crippen molar-refractivity contribution < 1.29 is 8.60 Å². The second kappa shape index (κ2) is 6.18. The zero-order chi connectivity index (χ0) is 12.1. The Labute approximate surface area is 99.8 Å². The maximum Gasteiger partial charge on any atom is 0.143 e. The van der Waals surface area contributed by atoms with E-state index in [4.69, 9.17) is 0 Å². The first-order valence-corrected chi connectivity index (χ1v) is 7.18. The highest BCUT2D eigenvalue weighted by molar-refractivity contribution is 7.83. The maximum atomic E-state index is 13.6. The van der Waals surface area contributed by atoms with Crippen LogP contribution in [0.1, 0.15) is 40.0 Å². The van der Waals surface area contributed by atoms with Gasteiger partial charge in [0.2, 0.25) is 0 Å². The molecule has 4 heteroatoms. The number of halogens is 1. The molecule has 1 saturated heterocycles. The summed E-state index contributed by atoms with van der Waals surface area (Å²) in [6, 6.07) is 0. The van der Waals surface area contributed by atoms with E-state index in [-0.39, 0.29) is 5.83 Å².